The van der Waals surface area contributed by atoms with E-state index in [0.29, 0.717) is 11.7 Å². The van der Waals surface area contributed by atoms with Crippen LogP contribution in [0.4, 0.5) is 0 Å². The lowest BCUT2D eigenvalue weighted by Gasteiger charge is -2.27. The topological polar surface area (TPSA) is 17.1 Å². The van der Waals surface area contributed by atoms with Crippen LogP contribution in [-0.2, 0) is 4.79 Å². The summed E-state index contributed by atoms with van der Waals surface area (Å²) in [6.07, 6.45) is 9.41. The summed E-state index contributed by atoms with van der Waals surface area (Å²) < 4.78 is 0. The maximum atomic E-state index is 11.6. The van der Waals surface area contributed by atoms with Crippen molar-refractivity contribution in [1.82, 2.24) is 0 Å². The second-order valence-electron chi connectivity index (χ2n) is 4.71. The van der Waals surface area contributed by atoms with Crippen molar-refractivity contribution in [2.75, 3.05) is 0 Å². The zero-order valence-electron chi connectivity index (χ0n) is 9.72. The molecule has 0 aromatic carbocycles. The second-order valence-corrected chi connectivity index (χ2v) is 4.71. The highest BCUT2D eigenvalue weighted by molar-refractivity contribution is 5.81. The third kappa shape index (κ3) is 3.43. The fourth-order valence-electron chi connectivity index (χ4n) is 2.49. The number of Topliss-reactive ketones (excluding diaryl/α,β-unsaturated/α-hetero) is 1. The minimum absolute atomic E-state index is 0.417. The fourth-order valence-corrected chi connectivity index (χ4v) is 2.49. The van der Waals surface area contributed by atoms with Gasteiger partial charge in [-0.1, -0.05) is 39.5 Å². The number of hydrogen-bond donors (Lipinski definition) is 0. The summed E-state index contributed by atoms with van der Waals surface area (Å²) in [4.78, 5) is 11.6. The molecule has 2 atom stereocenters. The molecular weight excluding hydrogens is 172 g/mol. The smallest absolute Gasteiger partial charge is 0.135 e. The lowest BCUT2D eigenvalue weighted by molar-refractivity contribution is -0.125. The highest BCUT2D eigenvalue weighted by atomic mass is 16.1. The van der Waals surface area contributed by atoms with Gasteiger partial charge in [-0.05, 0) is 25.2 Å². The van der Waals surface area contributed by atoms with E-state index in [1.165, 1.54) is 32.1 Å². The van der Waals surface area contributed by atoms with Crippen LogP contribution in [0, 0.1) is 11.8 Å². The van der Waals surface area contributed by atoms with Gasteiger partial charge in [-0.25, -0.2) is 0 Å². The average Bonchev–Trinajstić information content (AvgIpc) is 2.21. The number of carbonyl (C=O) groups excluding carboxylic acids is 1. The highest BCUT2D eigenvalue weighted by Crippen LogP contribution is 2.31. The molecule has 2 unspecified atom stereocenters. The van der Waals surface area contributed by atoms with Gasteiger partial charge in [-0.2, -0.15) is 0 Å². The van der Waals surface area contributed by atoms with E-state index < -0.39 is 0 Å². The molecule has 0 aromatic rings. The Kier molecular flexibility index (Phi) is 5.21. The van der Waals surface area contributed by atoms with Crippen molar-refractivity contribution in [2.24, 2.45) is 11.8 Å². The van der Waals surface area contributed by atoms with Crippen LogP contribution in [0.15, 0.2) is 0 Å². The zero-order valence-corrected chi connectivity index (χ0v) is 9.72. The molecule has 0 radical (unpaired) electrons. The van der Waals surface area contributed by atoms with Crippen molar-refractivity contribution in [3.05, 3.63) is 0 Å². The molecular formula is C13H24O. The summed E-state index contributed by atoms with van der Waals surface area (Å²) in [6, 6.07) is 0. The number of carbonyl (C=O) groups is 1. The van der Waals surface area contributed by atoms with Gasteiger partial charge >= 0.3 is 0 Å². The molecule has 82 valence electrons. The summed E-state index contributed by atoms with van der Waals surface area (Å²) in [5.74, 6) is 1.80. The van der Waals surface area contributed by atoms with E-state index >= 15 is 0 Å². The third-order valence-electron chi connectivity index (χ3n) is 3.61. The van der Waals surface area contributed by atoms with Gasteiger partial charge in [0.05, 0.1) is 0 Å². The molecule has 1 rings (SSSR count). The van der Waals surface area contributed by atoms with Crippen LogP contribution < -0.4 is 0 Å². The second kappa shape index (κ2) is 6.21. The number of ketones is 1. The number of rotatable bonds is 5. The van der Waals surface area contributed by atoms with Gasteiger partial charge in [0.2, 0.25) is 0 Å². The summed E-state index contributed by atoms with van der Waals surface area (Å²) in [5.41, 5.74) is 0. The first-order valence-corrected chi connectivity index (χ1v) is 6.30. The predicted octanol–water partition coefficient (Wildman–Crippen LogP) is 3.96. The Labute approximate surface area is 88.3 Å². The molecule has 0 amide bonds. The summed E-state index contributed by atoms with van der Waals surface area (Å²) in [5, 5.41) is 0. The Hall–Kier alpha value is -0.330. The Morgan fingerprint density at radius 3 is 2.71 bits per heavy atom. The lowest BCUT2D eigenvalue weighted by atomic mass is 9.77. The predicted molar refractivity (Wildman–Crippen MR) is 60.3 cm³/mol. The molecule has 0 heterocycles. The maximum absolute atomic E-state index is 11.6. The Morgan fingerprint density at radius 2 is 2.07 bits per heavy atom. The SMILES string of the molecule is CCCCCC1CC(CC)CCC1=O. The van der Waals surface area contributed by atoms with Crippen molar-refractivity contribution in [2.45, 2.75) is 65.2 Å². The zero-order chi connectivity index (χ0) is 10.4. The van der Waals surface area contributed by atoms with Gasteiger partial charge in [-0.15, -0.1) is 0 Å². The van der Waals surface area contributed by atoms with Crippen LogP contribution in [0.3, 0.4) is 0 Å². The highest BCUT2D eigenvalue weighted by Gasteiger charge is 2.26. The van der Waals surface area contributed by atoms with Crippen molar-refractivity contribution < 1.29 is 4.79 Å². The van der Waals surface area contributed by atoms with Crippen LogP contribution in [-0.4, -0.2) is 5.78 Å². The normalized spacial score (nSPS) is 28.0. The van der Waals surface area contributed by atoms with Crippen LogP contribution in [0.25, 0.3) is 0 Å². The first-order valence-electron chi connectivity index (χ1n) is 6.30. The molecule has 1 saturated carbocycles. The standard InChI is InChI=1S/C13H24O/c1-3-5-6-7-12-10-11(4-2)8-9-13(12)14/h11-12H,3-10H2,1-2H3. The summed E-state index contributed by atoms with van der Waals surface area (Å²) >= 11 is 0. The molecule has 0 N–H and O–H groups in total. The average molecular weight is 196 g/mol. The molecule has 1 fully saturated rings. The fraction of sp³-hybridized carbons (Fsp3) is 0.923. The van der Waals surface area contributed by atoms with E-state index in [4.69, 9.17) is 0 Å². The number of unbranched alkanes of at least 4 members (excludes halogenated alkanes) is 2. The molecule has 0 aromatic heterocycles. The molecule has 1 aliphatic rings. The van der Waals surface area contributed by atoms with Crippen LogP contribution in [0.2, 0.25) is 0 Å². The molecule has 0 spiro atoms. The molecule has 0 aliphatic heterocycles. The van der Waals surface area contributed by atoms with Gasteiger partial charge in [0.1, 0.15) is 5.78 Å². The summed E-state index contributed by atoms with van der Waals surface area (Å²) in [7, 11) is 0. The lowest BCUT2D eigenvalue weighted by Crippen LogP contribution is -2.24. The largest absolute Gasteiger partial charge is 0.299 e. The van der Waals surface area contributed by atoms with Crippen LogP contribution in [0.5, 0.6) is 0 Å². The summed E-state index contributed by atoms with van der Waals surface area (Å²) in [6.45, 7) is 4.47. The maximum Gasteiger partial charge on any atom is 0.135 e. The van der Waals surface area contributed by atoms with E-state index in [0.717, 1.165) is 25.2 Å². The molecule has 1 nitrogen and oxygen atoms in total. The molecule has 0 bridgehead atoms. The van der Waals surface area contributed by atoms with Gasteiger partial charge in [0, 0.05) is 12.3 Å². The van der Waals surface area contributed by atoms with E-state index in [1.807, 2.05) is 0 Å². The van der Waals surface area contributed by atoms with Gasteiger partial charge < -0.3 is 0 Å². The quantitative estimate of drug-likeness (QED) is 0.608. The van der Waals surface area contributed by atoms with E-state index in [1.54, 1.807) is 0 Å². The Morgan fingerprint density at radius 1 is 1.29 bits per heavy atom. The van der Waals surface area contributed by atoms with E-state index in [9.17, 15) is 4.79 Å². The van der Waals surface area contributed by atoms with Crippen molar-refractivity contribution in [1.29, 1.82) is 0 Å². The number of hydrogen-bond acceptors (Lipinski definition) is 1. The van der Waals surface area contributed by atoms with Crippen LogP contribution >= 0.6 is 0 Å². The van der Waals surface area contributed by atoms with E-state index in [-0.39, 0.29) is 0 Å². The van der Waals surface area contributed by atoms with Gasteiger partial charge in [0.15, 0.2) is 0 Å². The van der Waals surface area contributed by atoms with Crippen LogP contribution in [0.1, 0.15) is 65.2 Å². The molecule has 14 heavy (non-hydrogen) atoms. The van der Waals surface area contributed by atoms with Crippen molar-refractivity contribution >= 4 is 5.78 Å². The Balaban J connectivity index is 2.29. The Bertz CT molecular complexity index is 174. The van der Waals surface area contributed by atoms with Crippen molar-refractivity contribution in [3.63, 3.8) is 0 Å². The van der Waals surface area contributed by atoms with E-state index in [2.05, 4.69) is 13.8 Å². The first kappa shape index (κ1) is 11.7. The minimum atomic E-state index is 0.417. The minimum Gasteiger partial charge on any atom is -0.299 e. The monoisotopic (exact) mass is 196 g/mol. The van der Waals surface area contributed by atoms with Crippen molar-refractivity contribution in [3.8, 4) is 0 Å². The van der Waals surface area contributed by atoms with Gasteiger partial charge in [0.25, 0.3) is 0 Å². The molecule has 0 saturated heterocycles. The van der Waals surface area contributed by atoms with Gasteiger partial charge in [-0.3, -0.25) is 4.79 Å². The third-order valence-corrected chi connectivity index (χ3v) is 3.61. The molecule has 1 heteroatoms. The first-order chi connectivity index (χ1) is 6.77. The molecule has 1 aliphatic carbocycles.